The number of rotatable bonds is 4. The van der Waals surface area contributed by atoms with Crippen molar-refractivity contribution in [3.8, 4) is 0 Å². The van der Waals surface area contributed by atoms with Gasteiger partial charge in [-0.25, -0.2) is 4.98 Å². The molecule has 3 N–H and O–H groups in total. The molecule has 1 heterocycles. The second kappa shape index (κ2) is 6.93. The summed E-state index contributed by atoms with van der Waals surface area (Å²) in [7, 11) is 0. The standard InChI is InChI=1S/C19H26N4S/c1-19(2,3)16-12-24-17(23-16)9-10-21-18(20)22-15-8-7-13-5-4-6-14(13)11-15/h7-8,11-12H,4-6,9-10H2,1-3H3,(H3,20,21,22). The number of guanidine groups is 1. The second-order valence-electron chi connectivity index (χ2n) is 7.36. The first-order valence-corrected chi connectivity index (χ1v) is 9.43. The zero-order chi connectivity index (χ0) is 17.2. The largest absolute Gasteiger partial charge is 0.370 e. The van der Waals surface area contributed by atoms with Gasteiger partial charge in [0.2, 0.25) is 0 Å². The number of aliphatic imine (C=N–C) groups is 1. The molecule has 2 aromatic rings. The lowest BCUT2D eigenvalue weighted by molar-refractivity contribution is 0.571. The van der Waals surface area contributed by atoms with Gasteiger partial charge in [0.15, 0.2) is 5.96 Å². The molecule has 4 nitrogen and oxygen atoms in total. The Morgan fingerprint density at radius 2 is 2.08 bits per heavy atom. The normalized spacial score (nSPS) is 14.7. The van der Waals surface area contributed by atoms with Crippen molar-refractivity contribution in [1.29, 1.82) is 0 Å². The van der Waals surface area contributed by atoms with E-state index >= 15 is 0 Å². The summed E-state index contributed by atoms with van der Waals surface area (Å²) in [5.41, 5.74) is 11.2. The molecule has 0 unspecified atom stereocenters. The fourth-order valence-electron chi connectivity index (χ4n) is 2.88. The summed E-state index contributed by atoms with van der Waals surface area (Å²) in [5, 5.41) is 6.46. The zero-order valence-electron chi connectivity index (χ0n) is 14.7. The lowest BCUT2D eigenvalue weighted by Crippen LogP contribution is -2.23. The molecule has 24 heavy (non-hydrogen) atoms. The van der Waals surface area contributed by atoms with Gasteiger partial charge in [-0.2, -0.15) is 0 Å². The Morgan fingerprint density at radius 3 is 2.83 bits per heavy atom. The van der Waals surface area contributed by atoms with Gasteiger partial charge >= 0.3 is 0 Å². The smallest absolute Gasteiger partial charge is 0.193 e. The number of hydrogen-bond donors (Lipinski definition) is 2. The van der Waals surface area contributed by atoms with Crippen LogP contribution in [0.5, 0.6) is 0 Å². The molecule has 1 aromatic heterocycles. The number of nitrogens with two attached hydrogens (primary N) is 1. The minimum atomic E-state index is 0.103. The predicted molar refractivity (Wildman–Crippen MR) is 103 cm³/mol. The summed E-state index contributed by atoms with van der Waals surface area (Å²) < 4.78 is 0. The molecule has 0 radical (unpaired) electrons. The molecule has 1 aliphatic rings. The van der Waals surface area contributed by atoms with Crippen molar-refractivity contribution in [2.45, 2.75) is 51.9 Å². The Balaban J connectivity index is 1.54. The molecule has 1 aliphatic carbocycles. The molecule has 0 aliphatic heterocycles. The highest BCUT2D eigenvalue weighted by Crippen LogP contribution is 2.25. The van der Waals surface area contributed by atoms with Crippen LogP contribution >= 0.6 is 11.3 Å². The lowest BCUT2D eigenvalue weighted by Gasteiger charge is -2.14. The number of fused-ring (bicyclic) bond motifs is 1. The van der Waals surface area contributed by atoms with Gasteiger partial charge in [0.05, 0.1) is 10.7 Å². The average molecular weight is 343 g/mol. The summed E-state index contributed by atoms with van der Waals surface area (Å²) in [6, 6.07) is 6.48. The third-order valence-electron chi connectivity index (χ3n) is 4.30. The first-order valence-electron chi connectivity index (χ1n) is 8.55. The third kappa shape index (κ3) is 4.15. The number of nitrogens with one attached hydrogen (secondary N) is 1. The molecule has 0 saturated heterocycles. The van der Waals surface area contributed by atoms with Crippen LogP contribution in [0.4, 0.5) is 5.69 Å². The van der Waals surface area contributed by atoms with Gasteiger partial charge in [-0.15, -0.1) is 11.3 Å². The maximum Gasteiger partial charge on any atom is 0.193 e. The van der Waals surface area contributed by atoms with Crippen LogP contribution in [0.15, 0.2) is 28.6 Å². The maximum atomic E-state index is 6.01. The molecule has 0 fully saturated rings. The highest BCUT2D eigenvalue weighted by atomic mass is 32.1. The fourth-order valence-corrected chi connectivity index (χ4v) is 3.89. The Bertz CT molecular complexity index is 740. The molecule has 3 rings (SSSR count). The Hall–Kier alpha value is -1.88. The van der Waals surface area contributed by atoms with E-state index < -0.39 is 0 Å². The van der Waals surface area contributed by atoms with Crippen LogP contribution in [0.25, 0.3) is 0 Å². The van der Waals surface area contributed by atoms with Crippen LogP contribution in [-0.2, 0) is 24.7 Å². The number of benzene rings is 1. The van der Waals surface area contributed by atoms with Gasteiger partial charge in [-0.3, -0.25) is 4.99 Å². The lowest BCUT2D eigenvalue weighted by atomic mass is 9.93. The van der Waals surface area contributed by atoms with Crippen LogP contribution in [0, 0.1) is 0 Å². The minimum Gasteiger partial charge on any atom is -0.370 e. The van der Waals surface area contributed by atoms with E-state index in [1.807, 2.05) is 0 Å². The summed E-state index contributed by atoms with van der Waals surface area (Å²) in [6.07, 6.45) is 4.45. The van der Waals surface area contributed by atoms with Crippen LogP contribution in [0.1, 0.15) is 49.0 Å². The van der Waals surface area contributed by atoms with Crippen LogP contribution < -0.4 is 11.1 Å². The average Bonchev–Trinajstić information content (AvgIpc) is 3.14. The van der Waals surface area contributed by atoms with Gasteiger partial charge in [0.1, 0.15) is 0 Å². The van der Waals surface area contributed by atoms with E-state index in [9.17, 15) is 0 Å². The quantitative estimate of drug-likeness (QED) is 0.654. The van der Waals surface area contributed by atoms with E-state index in [4.69, 9.17) is 5.73 Å². The first kappa shape index (κ1) is 17.0. The second-order valence-corrected chi connectivity index (χ2v) is 8.30. The van der Waals surface area contributed by atoms with E-state index in [2.05, 4.69) is 59.6 Å². The first-order chi connectivity index (χ1) is 11.4. The van der Waals surface area contributed by atoms with Crippen molar-refractivity contribution in [3.05, 3.63) is 45.4 Å². The molecule has 1 aromatic carbocycles. The van der Waals surface area contributed by atoms with E-state index in [-0.39, 0.29) is 5.41 Å². The van der Waals surface area contributed by atoms with Gasteiger partial charge in [-0.1, -0.05) is 26.8 Å². The van der Waals surface area contributed by atoms with Crippen molar-refractivity contribution in [1.82, 2.24) is 4.98 Å². The number of aromatic nitrogens is 1. The minimum absolute atomic E-state index is 0.103. The molecule has 0 bridgehead atoms. The molecule has 5 heteroatoms. The van der Waals surface area contributed by atoms with Crippen LogP contribution in [0.2, 0.25) is 0 Å². The van der Waals surface area contributed by atoms with Gasteiger partial charge in [0, 0.05) is 29.4 Å². The molecular weight excluding hydrogens is 316 g/mol. The van der Waals surface area contributed by atoms with E-state index in [1.165, 1.54) is 30.4 Å². The fraction of sp³-hybridized carbons (Fsp3) is 0.474. The highest BCUT2D eigenvalue weighted by Gasteiger charge is 2.17. The summed E-state index contributed by atoms with van der Waals surface area (Å²) >= 11 is 1.70. The highest BCUT2D eigenvalue weighted by molar-refractivity contribution is 7.09. The number of anilines is 1. The maximum absolute atomic E-state index is 6.01. The molecule has 128 valence electrons. The molecule has 0 saturated carbocycles. The Kier molecular flexibility index (Phi) is 4.90. The van der Waals surface area contributed by atoms with Gasteiger partial charge in [0.25, 0.3) is 0 Å². The van der Waals surface area contributed by atoms with Crippen molar-refractivity contribution < 1.29 is 0 Å². The predicted octanol–water partition coefficient (Wildman–Crippen LogP) is 3.90. The SMILES string of the molecule is CC(C)(C)c1csc(CCN=C(N)Nc2ccc3c(c2)CCC3)n1. The van der Waals surface area contributed by atoms with Crippen LogP contribution in [-0.4, -0.2) is 17.5 Å². The van der Waals surface area contributed by atoms with E-state index in [1.54, 1.807) is 11.3 Å². The molecule has 0 spiro atoms. The van der Waals surface area contributed by atoms with Crippen molar-refractivity contribution >= 4 is 23.0 Å². The Morgan fingerprint density at radius 1 is 1.29 bits per heavy atom. The van der Waals surface area contributed by atoms with Crippen molar-refractivity contribution in [2.75, 3.05) is 11.9 Å². The van der Waals surface area contributed by atoms with E-state index in [0.29, 0.717) is 12.5 Å². The van der Waals surface area contributed by atoms with Gasteiger partial charge < -0.3 is 11.1 Å². The molecule has 0 amide bonds. The molecule has 0 atom stereocenters. The van der Waals surface area contributed by atoms with Crippen LogP contribution in [0.3, 0.4) is 0 Å². The monoisotopic (exact) mass is 342 g/mol. The Labute approximate surface area is 148 Å². The topological polar surface area (TPSA) is 63.3 Å². The van der Waals surface area contributed by atoms with Gasteiger partial charge in [-0.05, 0) is 42.5 Å². The third-order valence-corrected chi connectivity index (χ3v) is 5.21. The summed E-state index contributed by atoms with van der Waals surface area (Å²) in [5.74, 6) is 0.473. The number of aryl methyl sites for hydroxylation is 2. The summed E-state index contributed by atoms with van der Waals surface area (Å²) in [6.45, 7) is 7.20. The number of thiazole rings is 1. The summed E-state index contributed by atoms with van der Waals surface area (Å²) in [4.78, 5) is 9.12. The number of hydrogen-bond acceptors (Lipinski definition) is 3. The number of nitrogens with zero attached hydrogens (tertiary/aromatic N) is 2. The zero-order valence-corrected chi connectivity index (χ0v) is 15.5. The van der Waals surface area contributed by atoms with Crippen molar-refractivity contribution in [3.63, 3.8) is 0 Å². The molecular formula is C19H26N4S. The van der Waals surface area contributed by atoms with E-state index in [0.717, 1.165) is 22.8 Å². The van der Waals surface area contributed by atoms with Crippen molar-refractivity contribution in [2.24, 2.45) is 10.7 Å².